The summed E-state index contributed by atoms with van der Waals surface area (Å²) in [5.41, 5.74) is 0. The number of rotatable bonds is 88. The van der Waals surface area contributed by atoms with Crippen LogP contribution in [0.15, 0.2) is 0 Å². The Morgan fingerprint density at radius 1 is 0.0978 bits per heavy atom. The van der Waals surface area contributed by atoms with Crippen molar-refractivity contribution in [1.29, 1.82) is 0 Å². The summed E-state index contributed by atoms with van der Waals surface area (Å²) in [5, 5.41) is 0. The standard InChI is InChI=1S/C92H186/c1-4-6-8-10-11-12-13-14-15-16-17-18-19-20-21-22-23-24-25-26-27-28-29-30-31-32-33-34-35-36-37-38-39-40-41-42-43-44-45-46-47-48-49-50-51-52-53-54-55-56-57-58-59-60-61-62-63-64-65-66-67-68-69-70-71-72-73-74-75-76-77-78-79-80-81-82-83-84-85-86-87-89-91-92(3)90-88-9-7-5-2/h92H,4-91H2,1-3H3. The molecule has 0 aliphatic carbocycles. The molecule has 0 aliphatic rings. The summed E-state index contributed by atoms with van der Waals surface area (Å²) >= 11 is 0. The fourth-order valence-electron chi connectivity index (χ4n) is 15.8. The normalized spacial score (nSPS) is 12.2. The second kappa shape index (κ2) is 89.0. The third kappa shape index (κ3) is 88.0. The van der Waals surface area contributed by atoms with E-state index < -0.39 is 0 Å². The molecule has 0 N–H and O–H groups in total. The Bertz CT molecular complexity index is 1180. The van der Waals surface area contributed by atoms with E-state index in [-0.39, 0.29) is 0 Å². The van der Waals surface area contributed by atoms with Crippen molar-refractivity contribution in [3.63, 3.8) is 0 Å². The molecular weight excluding hydrogens is 1110 g/mol. The third-order valence-electron chi connectivity index (χ3n) is 22.6. The molecule has 0 nitrogen and oxygen atoms in total. The Kier molecular flexibility index (Phi) is 89.0. The lowest BCUT2D eigenvalue weighted by Gasteiger charge is -2.10. The van der Waals surface area contributed by atoms with Gasteiger partial charge in [0.05, 0.1) is 0 Å². The number of unbranched alkanes of at least 4 members (excludes halogenated alkanes) is 84. The Labute approximate surface area is 588 Å². The molecule has 1 atom stereocenters. The molecular formula is C92H186. The van der Waals surface area contributed by atoms with Crippen molar-refractivity contribution in [3.05, 3.63) is 0 Å². The third-order valence-corrected chi connectivity index (χ3v) is 22.6. The summed E-state index contributed by atoms with van der Waals surface area (Å²) in [5.74, 6) is 0.966. The van der Waals surface area contributed by atoms with Crippen LogP contribution in [0.1, 0.15) is 586 Å². The van der Waals surface area contributed by atoms with Crippen LogP contribution < -0.4 is 0 Å². The summed E-state index contributed by atoms with van der Waals surface area (Å²) in [4.78, 5) is 0. The number of hydrogen-bond donors (Lipinski definition) is 0. The van der Waals surface area contributed by atoms with Crippen molar-refractivity contribution in [1.82, 2.24) is 0 Å². The second-order valence-electron chi connectivity index (χ2n) is 32.4. The second-order valence-corrected chi connectivity index (χ2v) is 32.4. The Balaban J connectivity index is 3.10. The summed E-state index contributed by atoms with van der Waals surface area (Å²) < 4.78 is 0. The van der Waals surface area contributed by atoms with Gasteiger partial charge in [0.1, 0.15) is 0 Å². The van der Waals surface area contributed by atoms with Gasteiger partial charge in [-0.15, -0.1) is 0 Å². The highest BCUT2D eigenvalue weighted by atomic mass is 14.1. The first-order valence-electron chi connectivity index (χ1n) is 45.8. The minimum absolute atomic E-state index is 0.966. The fraction of sp³-hybridized carbons (Fsp3) is 1.00. The van der Waals surface area contributed by atoms with Gasteiger partial charge in [-0.25, -0.2) is 0 Å². The summed E-state index contributed by atoms with van der Waals surface area (Å²) in [6, 6.07) is 0. The Morgan fingerprint density at radius 3 is 0.250 bits per heavy atom. The molecule has 0 aromatic rings. The van der Waals surface area contributed by atoms with Gasteiger partial charge in [-0.1, -0.05) is 586 Å². The van der Waals surface area contributed by atoms with Crippen molar-refractivity contribution in [3.8, 4) is 0 Å². The average molecular weight is 1290 g/mol. The highest BCUT2D eigenvalue weighted by Crippen LogP contribution is 2.23. The molecule has 0 saturated carbocycles. The van der Waals surface area contributed by atoms with Gasteiger partial charge in [-0.2, -0.15) is 0 Å². The zero-order chi connectivity index (χ0) is 65.8. The van der Waals surface area contributed by atoms with Crippen LogP contribution in [-0.2, 0) is 0 Å². The molecule has 0 spiro atoms. The predicted octanol–water partition coefficient (Wildman–Crippen LogP) is 36.0. The van der Waals surface area contributed by atoms with Crippen molar-refractivity contribution in [2.45, 2.75) is 586 Å². The zero-order valence-corrected chi connectivity index (χ0v) is 65.8. The first-order chi connectivity index (χ1) is 45.8. The van der Waals surface area contributed by atoms with Crippen LogP contribution in [0.25, 0.3) is 0 Å². The van der Waals surface area contributed by atoms with E-state index in [0.29, 0.717) is 0 Å². The monoisotopic (exact) mass is 1290 g/mol. The van der Waals surface area contributed by atoms with E-state index in [9.17, 15) is 0 Å². The van der Waals surface area contributed by atoms with Gasteiger partial charge in [-0.3, -0.25) is 0 Å². The summed E-state index contributed by atoms with van der Waals surface area (Å²) in [6.45, 7) is 7.13. The van der Waals surface area contributed by atoms with Crippen LogP contribution in [0, 0.1) is 5.92 Å². The molecule has 0 aliphatic heterocycles. The molecule has 0 fully saturated rings. The molecule has 0 aromatic carbocycles. The first-order valence-corrected chi connectivity index (χ1v) is 45.8. The first kappa shape index (κ1) is 92.0. The molecule has 0 heterocycles. The molecule has 0 amide bonds. The highest BCUT2D eigenvalue weighted by molar-refractivity contribution is 4.60. The van der Waals surface area contributed by atoms with Crippen molar-refractivity contribution >= 4 is 0 Å². The van der Waals surface area contributed by atoms with Crippen molar-refractivity contribution in [2.75, 3.05) is 0 Å². The predicted molar refractivity (Wildman–Crippen MR) is 427 cm³/mol. The lowest BCUT2D eigenvalue weighted by Crippen LogP contribution is -1.95. The Hall–Kier alpha value is 0. The highest BCUT2D eigenvalue weighted by Gasteiger charge is 2.05. The van der Waals surface area contributed by atoms with E-state index >= 15 is 0 Å². The van der Waals surface area contributed by atoms with Gasteiger partial charge in [0.15, 0.2) is 0 Å². The van der Waals surface area contributed by atoms with Crippen LogP contribution in [0.3, 0.4) is 0 Å². The quantitative estimate of drug-likeness (QED) is 0.0533. The molecule has 0 radical (unpaired) electrons. The maximum absolute atomic E-state index is 2.49. The summed E-state index contributed by atoms with van der Waals surface area (Å²) in [6.07, 6.45) is 131. The van der Waals surface area contributed by atoms with Gasteiger partial charge in [0.25, 0.3) is 0 Å². The smallest absolute Gasteiger partial charge is 0.0443 e. The van der Waals surface area contributed by atoms with Gasteiger partial charge in [0.2, 0.25) is 0 Å². The zero-order valence-electron chi connectivity index (χ0n) is 65.8. The van der Waals surface area contributed by atoms with Crippen molar-refractivity contribution < 1.29 is 0 Å². The van der Waals surface area contributed by atoms with E-state index in [1.165, 1.54) is 565 Å². The van der Waals surface area contributed by atoms with Crippen LogP contribution in [-0.4, -0.2) is 0 Å². The maximum atomic E-state index is 2.49. The molecule has 0 heteroatoms. The van der Waals surface area contributed by atoms with Gasteiger partial charge in [0, 0.05) is 0 Å². The maximum Gasteiger partial charge on any atom is -0.0443 e. The van der Waals surface area contributed by atoms with Crippen LogP contribution in [0.2, 0.25) is 0 Å². The molecule has 554 valence electrons. The molecule has 0 saturated heterocycles. The van der Waals surface area contributed by atoms with Crippen molar-refractivity contribution in [2.24, 2.45) is 5.92 Å². The van der Waals surface area contributed by atoms with E-state index in [1.54, 1.807) is 0 Å². The molecule has 0 rings (SSSR count). The fourth-order valence-corrected chi connectivity index (χ4v) is 15.8. The SMILES string of the molecule is CCCCCCCCCCCCCCCCCCCCCCCCCCCCCCCCCCCCCCCCCCCCCCCCCCCCCCCCCCCCCCCCCCCCCCCCCCCCCCCCCCCCC(C)CCCCCC. The lowest BCUT2D eigenvalue weighted by molar-refractivity contribution is 0.433. The molecule has 0 bridgehead atoms. The van der Waals surface area contributed by atoms with E-state index in [4.69, 9.17) is 0 Å². The average Bonchev–Trinajstić information content (AvgIpc) is 3.57. The summed E-state index contributed by atoms with van der Waals surface area (Å²) in [7, 11) is 0. The minimum atomic E-state index is 0.966. The van der Waals surface area contributed by atoms with Gasteiger partial charge >= 0.3 is 0 Å². The largest absolute Gasteiger partial charge is 0.0654 e. The van der Waals surface area contributed by atoms with Gasteiger partial charge in [-0.05, 0) is 5.92 Å². The number of hydrogen-bond acceptors (Lipinski definition) is 0. The van der Waals surface area contributed by atoms with Crippen LogP contribution in [0.5, 0.6) is 0 Å². The van der Waals surface area contributed by atoms with Crippen LogP contribution in [0.4, 0.5) is 0 Å². The van der Waals surface area contributed by atoms with Gasteiger partial charge < -0.3 is 0 Å². The molecule has 92 heavy (non-hydrogen) atoms. The van der Waals surface area contributed by atoms with E-state index in [1.807, 2.05) is 0 Å². The van der Waals surface area contributed by atoms with E-state index in [2.05, 4.69) is 20.8 Å². The van der Waals surface area contributed by atoms with Crippen LogP contribution >= 0.6 is 0 Å². The molecule has 1 unspecified atom stereocenters. The lowest BCUT2D eigenvalue weighted by atomic mass is 9.96. The van der Waals surface area contributed by atoms with E-state index in [0.717, 1.165) is 5.92 Å². The Morgan fingerprint density at radius 2 is 0.163 bits per heavy atom. The topological polar surface area (TPSA) is 0 Å². The minimum Gasteiger partial charge on any atom is -0.0654 e. The molecule has 0 aromatic heterocycles.